The van der Waals surface area contributed by atoms with E-state index in [-0.39, 0.29) is 30.1 Å². The van der Waals surface area contributed by atoms with E-state index in [0.29, 0.717) is 67.2 Å². The number of para-hydroxylation sites is 1. The standard InChI is InChI=1S/C33H32F3N7O2/c1-19-5-8-21(31(44)38-14-11-20-6-9-22(34)10-7-20)17-24(19)28-25-18-39-33(45)43(29-26(35)3-2-4-27(29)36)30(25)41-32(40-28)42-15-12-23(37)13-16-42/h2-10,17,23H,11-16,18,37H2,1H3,(H,38,44)(H,39,45). The zero-order valence-corrected chi connectivity index (χ0v) is 24.6. The van der Waals surface area contributed by atoms with Crippen molar-refractivity contribution in [1.82, 2.24) is 20.6 Å². The van der Waals surface area contributed by atoms with E-state index in [1.807, 2.05) is 11.8 Å². The number of piperidine rings is 1. The molecule has 12 heteroatoms. The Balaban J connectivity index is 1.40. The van der Waals surface area contributed by atoms with Crippen molar-refractivity contribution in [3.05, 3.63) is 100 Å². The molecule has 3 aromatic carbocycles. The predicted molar refractivity (Wildman–Crippen MR) is 165 cm³/mol. The van der Waals surface area contributed by atoms with Crippen LogP contribution in [0.1, 0.15) is 39.9 Å². The molecule has 45 heavy (non-hydrogen) atoms. The van der Waals surface area contributed by atoms with Crippen LogP contribution in [0.2, 0.25) is 0 Å². The zero-order valence-electron chi connectivity index (χ0n) is 24.6. The first-order valence-electron chi connectivity index (χ1n) is 14.8. The summed E-state index contributed by atoms with van der Waals surface area (Å²) < 4.78 is 43.4. The number of aryl methyl sites for hydroxylation is 1. The van der Waals surface area contributed by atoms with Crippen LogP contribution < -0.4 is 26.2 Å². The van der Waals surface area contributed by atoms with Gasteiger partial charge >= 0.3 is 6.03 Å². The summed E-state index contributed by atoms with van der Waals surface area (Å²) in [6.45, 7) is 3.35. The molecule has 2 aliphatic rings. The first kappa shape index (κ1) is 30.1. The number of aromatic nitrogens is 2. The lowest BCUT2D eigenvalue weighted by atomic mass is 9.97. The second-order valence-corrected chi connectivity index (χ2v) is 11.2. The molecular weight excluding hydrogens is 583 g/mol. The molecule has 4 aromatic rings. The minimum atomic E-state index is -0.917. The number of anilines is 3. The molecule has 232 valence electrons. The molecule has 4 N–H and O–H groups in total. The van der Waals surface area contributed by atoms with Gasteiger partial charge in [-0.25, -0.2) is 27.8 Å². The molecule has 0 unspecified atom stereocenters. The molecule has 0 atom stereocenters. The number of nitrogens with two attached hydrogens (primary N) is 1. The van der Waals surface area contributed by atoms with Crippen LogP contribution in [0.3, 0.4) is 0 Å². The van der Waals surface area contributed by atoms with E-state index in [4.69, 9.17) is 15.7 Å². The van der Waals surface area contributed by atoms with Crippen molar-refractivity contribution in [2.45, 2.75) is 38.8 Å². The van der Waals surface area contributed by atoms with E-state index in [1.54, 1.807) is 30.3 Å². The Kier molecular flexibility index (Phi) is 8.40. The fourth-order valence-electron chi connectivity index (χ4n) is 5.61. The minimum Gasteiger partial charge on any atom is -0.352 e. The summed E-state index contributed by atoms with van der Waals surface area (Å²) in [6.07, 6.45) is 1.93. The van der Waals surface area contributed by atoms with Crippen LogP contribution in [0.5, 0.6) is 0 Å². The molecular formula is C33H32F3N7O2. The largest absolute Gasteiger partial charge is 0.352 e. The third kappa shape index (κ3) is 6.18. The molecule has 6 rings (SSSR count). The molecule has 1 fully saturated rings. The van der Waals surface area contributed by atoms with Gasteiger partial charge in [-0.05, 0) is 73.7 Å². The van der Waals surface area contributed by atoms with Gasteiger partial charge in [0.25, 0.3) is 5.91 Å². The van der Waals surface area contributed by atoms with E-state index in [9.17, 15) is 14.0 Å². The van der Waals surface area contributed by atoms with Crippen molar-refractivity contribution in [2.75, 3.05) is 29.4 Å². The van der Waals surface area contributed by atoms with E-state index >= 15 is 8.78 Å². The van der Waals surface area contributed by atoms with Gasteiger partial charge in [0.1, 0.15) is 23.1 Å². The highest BCUT2D eigenvalue weighted by molar-refractivity contribution is 6.02. The fraction of sp³-hybridized carbons (Fsp3) is 0.273. The summed E-state index contributed by atoms with van der Waals surface area (Å²) in [5.41, 5.74) is 9.15. The molecule has 1 saturated heterocycles. The quantitative estimate of drug-likeness (QED) is 0.266. The number of carbonyl (C=O) groups is 2. The first-order chi connectivity index (χ1) is 21.7. The average molecular weight is 616 g/mol. The maximum absolute atomic E-state index is 15.1. The van der Waals surface area contributed by atoms with Crippen molar-refractivity contribution in [2.24, 2.45) is 5.73 Å². The Morgan fingerprint density at radius 1 is 1.02 bits per heavy atom. The van der Waals surface area contributed by atoms with Crippen LogP contribution in [0, 0.1) is 24.4 Å². The van der Waals surface area contributed by atoms with E-state index < -0.39 is 23.4 Å². The van der Waals surface area contributed by atoms with Gasteiger partial charge in [0, 0.05) is 42.4 Å². The number of carbonyl (C=O) groups excluding carboxylic acids is 2. The summed E-state index contributed by atoms with van der Waals surface area (Å²) >= 11 is 0. The number of fused-ring (bicyclic) bond motifs is 1. The third-order valence-corrected chi connectivity index (χ3v) is 8.16. The van der Waals surface area contributed by atoms with Crippen LogP contribution in [-0.4, -0.2) is 47.6 Å². The lowest BCUT2D eigenvalue weighted by Crippen LogP contribution is -2.44. The number of urea groups is 1. The Morgan fingerprint density at radius 3 is 2.44 bits per heavy atom. The van der Waals surface area contributed by atoms with Gasteiger partial charge in [0.15, 0.2) is 5.82 Å². The topological polar surface area (TPSA) is 116 Å². The molecule has 0 bridgehead atoms. The van der Waals surface area contributed by atoms with Gasteiger partial charge in [0.05, 0.1) is 12.2 Å². The fourth-order valence-corrected chi connectivity index (χ4v) is 5.61. The number of nitrogens with zero attached hydrogens (tertiary/aromatic N) is 4. The molecule has 1 aromatic heterocycles. The highest BCUT2D eigenvalue weighted by atomic mass is 19.1. The molecule has 0 saturated carbocycles. The van der Waals surface area contributed by atoms with Crippen molar-refractivity contribution in [3.63, 3.8) is 0 Å². The Morgan fingerprint density at radius 2 is 1.73 bits per heavy atom. The van der Waals surface area contributed by atoms with Gasteiger partial charge in [-0.1, -0.05) is 24.3 Å². The van der Waals surface area contributed by atoms with Crippen molar-refractivity contribution in [1.29, 1.82) is 0 Å². The average Bonchev–Trinajstić information content (AvgIpc) is 3.03. The number of hydrogen-bond acceptors (Lipinski definition) is 6. The van der Waals surface area contributed by atoms with Crippen molar-refractivity contribution >= 4 is 29.4 Å². The van der Waals surface area contributed by atoms with Gasteiger partial charge in [0.2, 0.25) is 5.95 Å². The number of amides is 3. The molecule has 3 heterocycles. The Bertz CT molecular complexity index is 1740. The molecule has 0 spiro atoms. The maximum atomic E-state index is 15.1. The third-order valence-electron chi connectivity index (χ3n) is 8.16. The van der Waals surface area contributed by atoms with Crippen molar-refractivity contribution in [3.8, 4) is 11.3 Å². The SMILES string of the molecule is Cc1ccc(C(=O)NCCc2ccc(F)cc2)cc1-c1nc(N2CCC(N)CC2)nc2c1CNC(=O)N2c1c(F)cccc1F. The lowest BCUT2D eigenvalue weighted by Gasteiger charge is -2.34. The Labute approximate surface area is 258 Å². The summed E-state index contributed by atoms with van der Waals surface area (Å²) in [5.74, 6) is -2.12. The zero-order chi connectivity index (χ0) is 31.7. The van der Waals surface area contributed by atoms with E-state index in [0.717, 1.165) is 28.2 Å². The molecule has 9 nitrogen and oxygen atoms in total. The smallest absolute Gasteiger partial charge is 0.328 e. The second-order valence-electron chi connectivity index (χ2n) is 11.2. The van der Waals surface area contributed by atoms with Gasteiger partial charge < -0.3 is 21.3 Å². The summed E-state index contributed by atoms with van der Waals surface area (Å²) in [7, 11) is 0. The molecule has 3 amide bonds. The van der Waals surface area contributed by atoms with Gasteiger partial charge in [-0.2, -0.15) is 4.98 Å². The van der Waals surface area contributed by atoms with Crippen LogP contribution in [0.25, 0.3) is 11.3 Å². The number of rotatable bonds is 7. The number of benzene rings is 3. The Hall–Kier alpha value is -4.97. The highest BCUT2D eigenvalue weighted by Gasteiger charge is 2.35. The van der Waals surface area contributed by atoms with E-state index in [1.165, 1.54) is 18.2 Å². The van der Waals surface area contributed by atoms with Gasteiger partial charge in [-0.3, -0.25) is 4.79 Å². The van der Waals surface area contributed by atoms with Crippen LogP contribution >= 0.6 is 0 Å². The second kappa shape index (κ2) is 12.6. The minimum absolute atomic E-state index is 0.00869. The molecule has 2 aliphatic heterocycles. The number of nitrogens with one attached hydrogen (secondary N) is 2. The van der Waals surface area contributed by atoms with Crippen LogP contribution in [-0.2, 0) is 13.0 Å². The predicted octanol–water partition coefficient (Wildman–Crippen LogP) is 5.13. The monoisotopic (exact) mass is 615 g/mol. The normalized spacial score (nSPS) is 15.1. The number of halogens is 3. The van der Waals surface area contributed by atoms with Crippen LogP contribution in [0.15, 0.2) is 60.7 Å². The maximum Gasteiger partial charge on any atom is 0.328 e. The van der Waals surface area contributed by atoms with Crippen molar-refractivity contribution < 1.29 is 22.8 Å². The molecule has 0 aliphatic carbocycles. The van der Waals surface area contributed by atoms with Crippen LogP contribution in [0.4, 0.5) is 35.4 Å². The lowest BCUT2D eigenvalue weighted by molar-refractivity contribution is 0.0954. The summed E-state index contributed by atoms with van der Waals surface area (Å²) in [5, 5.41) is 5.60. The summed E-state index contributed by atoms with van der Waals surface area (Å²) in [4.78, 5) is 38.9. The first-order valence-corrected chi connectivity index (χ1v) is 14.8. The molecule has 0 radical (unpaired) electrons. The summed E-state index contributed by atoms with van der Waals surface area (Å²) in [6, 6.07) is 14.0. The highest BCUT2D eigenvalue weighted by Crippen LogP contribution is 2.40. The van der Waals surface area contributed by atoms with E-state index in [2.05, 4.69) is 10.6 Å². The van der Waals surface area contributed by atoms with Gasteiger partial charge in [-0.15, -0.1) is 0 Å². The number of hydrogen-bond donors (Lipinski definition) is 3.